The number of hydrogen-bond acceptors (Lipinski definition) is 5. The van der Waals surface area contributed by atoms with Gasteiger partial charge in [0.05, 0.1) is 17.2 Å². The van der Waals surface area contributed by atoms with Crippen molar-refractivity contribution >= 4 is 5.69 Å². The van der Waals surface area contributed by atoms with Gasteiger partial charge in [-0.15, -0.1) is 0 Å². The second kappa shape index (κ2) is 4.80. The van der Waals surface area contributed by atoms with Crippen LogP contribution >= 0.6 is 0 Å². The Balaban J connectivity index is 1.92. The number of rotatable bonds is 2. The zero-order chi connectivity index (χ0) is 15.2. The number of benzene rings is 1. The topological polar surface area (TPSA) is 62.4 Å². The van der Waals surface area contributed by atoms with Gasteiger partial charge in [-0.3, -0.25) is 0 Å². The van der Waals surface area contributed by atoms with Crippen LogP contribution in [0.25, 0.3) is 11.4 Å². The Kier molecular flexibility index (Phi) is 3.20. The molecule has 21 heavy (non-hydrogen) atoms. The summed E-state index contributed by atoms with van der Waals surface area (Å²) in [7, 11) is 0. The van der Waals surface area contributed by atoms with Crippen molar-refractivity contribution in [3.05, 3.63) is 29.9 Å². The molecule has 3 rings (SSSR count). The molecule has 5 nitrogen and oxygen atoms in total. The molecule has 0 bridgehead atoms. The minimum absolute atomic E-state index is 0.0600. The molecule has 1 aliphatic heterocycles. The van der Waals surface area contributed by atoms with Gasteiger partial charge in [-0.05, 0) is 38.5 Å². The smallest absolute Gasteiger partial charge is 0.223 e. The van der Waals surface area contributed by atoms with Crippen LogP contribution in [0.15, 0.2) is 22.7 Å². The van der Waals surface area contributed by atoms with Gasteiger partial charge in [-0.2, -0.15) is 4.98 Å². The molecule has 2 atom stereocenters. The highest BCUT2D eigenvalue weighted by Crippen LogP contribution is 2.34. The Labute approximate surface area is 122 Å². The zero-order valence-electron chi connectivity index (χ0n) is 12.3. The normalized spacial score (nSPS) is 25.6. The van der Waals surface area contributed by atoms with E-state index in [1.807, 2.05) is 24.8 Å². The number of nitrogens with zero attached hydrogens (tertiary/aromatic N) is 3. The number of aryl methyl sites for hydroxylation is 1. The molecule has 0 spiro atoms. The summed E-state index contributed by atoms with van der Waals surface area (Å²) >= 11 is 0. The van der Waals surface area contributed by atoms with Gasteiger partial charge in [0.1, 0.15) is 5.82 Å². The molecule has 2 aromatic rings. The molecule has 0 aliphatic carbocycles. The summed E-state index contributed by atoms with van der Waals surface area (Å²) in [4.78, 5) is 6.04. The van der Waals surface area contributed by atoms with Crippen LogP contribution in [-0.4, -0.2) is 33.4 Å². The van der Waals surface area contributed by atoms with Crippen LogP contribution in [0.4, 0.5) is 10.1 Å². The second-order valence-corrected chi connectivity index (χ2v) is 5.78. The second-order valence-electron chi connectivity index (χ2n) is 5.78. The van der Waals surface area contributed by atoms with Crippen molar-refractivity contribution in [2.24, 2.45) is 0 Å². The molecule has 1 fully saturated rings. The van der Waals surface area contributed by atoms with E-state index in [-0.39, 0.29) is 11.9 Å². The molecule has 6 heteroatoms. The molecule has 0 unspecified atom stereocenters. The lowest BCUT2D eigenvalue weighted by molar-refractivity contribution is 0.0566. The predicted molar refractivity (Wildman–Crippen MR) is 76.5 cm³/mol. The van der Waals surface area contributed by atoms with Gasteiger partial charge in [0.15, 0.2) is 0 Å². The van der Waals surface area contributed by atoms with Crippen molar-refractivity contribution in [2.45, 2.75) is 38.8 Å². The summed E-state index contributed by atoms with van der Waals surface area (Å²) in [5.74, 6) is 0.253. The van der Waals surface area contributed by atoms with Gasteiger partial charge in [-0.1, -0.05) is 5.16 Å². The minimum Gasteiger partial charge on any atom is -0.388 e. The summed E-state index contributed by atoms with van der Waals surface area (Å²) in [6, 6.07) is 4.87. The van der Waals surface area contributed by atoms with Crippen LogP contribution in [0.3, 0.4) is 0 Å². The lowest BCUT2D eigenvalue weighted by atomic mass is 9.99. The summed E-state index contributed by atoms with van der Waals surface area (Å²) in [5.41, 5.74) is 0.316. The molecule has 112 valence electrons. The van der Waals surface area contributed by atoms with Crippen molar-refractivity contribution in [3.8, 4) is 11.4 Å². The van der Waals surface area contributed by atoms with Crippen LogP contribution in [-0.2, 0) is 0 Å². The van der Waals surface area contributed by atoms with Gasteiger partial charge in [-0.25, -0.2) is 4.39 Å². The standard InChI is InChI=1S/C15H18FN3O2/c1-9-15(3,20)6-7-19(9)11-4-5-12(13(16)8-11)14-17-10(2)21-18-14/h4-5,8-9,20H,6-7H2,1-3H3/t9-,15-/m0/s1. The maximum absolute atomic E-state index is 14.3. The van der Waals surface area contributed by atoms with Gasteiger partial charge in [0.2, 0.25) is 11.7 Å². The van der Waals surface area contributed by atoms with E-state index in [0.717, 1.165) is 5.69 Å². The molecule has 2 heterocycles. The highest BCUT2D eigenvalue weighted by atomic mass is 19.1. The molecule has 0 amide bonds. The van der Waals surface area contributed by atoms with Crippen molar-refractivity contribution in [1.29, 1.82) is 0 Å². The van der Waals surface area contributed by atoms with Crippen LogP contribution in [0.5, 0.6) is 0 Å². The van der Waals surface area contributed by atoms with E-state index < -0.39 is 11.4 Å². The summed E-state index contributed by atoms with van der Waals surface area (Å²) < 4.78 is 19.2. The fourth-order valence-corrected chi connectivity index (χ4v) is 2.71. The minimum atomic E-state index is -0.750. The van der Waals surface area contributed by atoms with Crippen LogP contribution in [0.2, 0.25) is 0 Å². The molecule has 1 saturated heterocycles. The lowest BCUT2D eigenvalue weighted by Gasteiger charge is -2.29. The van der Waals surface area contributed by atoms with Crippen molar-refractivity contribution in [3.63, 3.8) is 0 Å². The Morgan fingerprint density at radius 3 is 2.76 bits per heavy atom. The highest BCUT2D eigenvalue weighted by molar-refractivity contribution is 5.62. The third-order valence-electron chi connectivity index (χ3n) is 4.28. The molecule has 1 aromatic heterocycles. The Hall–Kier alpha value is -1.95. The maximum Gasteiger partial charge on any atom is 0.223 e. The van der Waals surface area contributed by atoms with E-state index in [0.29, 0.717) is 24.4 Å². The lowest BCUT2D eigenvalue weighted by Crippen LogP contribution is -2.40. The van der Waals surface area contributed by atoms with Crippen LogP contribution in [0, 0.1) is 12.7 Å². The molecule has 1 N–H and O–H groups in total. The SMILES string of the molecule is Cc1nc(-c2ccc(N3CC[C@](C)(O)[C@@H]3C)cc2F)no1. The van der Waals surface area contributed by atoms with Gasteiger partial charge >= 0.3 is 0 Å². The van der Waals surface area contributed by atoms with E-state index in [1.54, 1.807) is 13.0 Å². The largest absolute Gasteiger partial charge is 0.388 e. The van der Waals surface area contributed by atoms with Gasteiger partial charge < -0.3 is 14.5 Å². The molecular weight excluding hydrogens is 273 g/mol. The Bertz CT molecular complexity index is 669. The first-order valence-electron chi connectivity index (χ1n) is 6.98. The summed E-state index contributed by atoms with van der Waals surface area (Å²) in [6.45, 7) is 6.12. The van der Waals surface area contributed by atoms with E-state index in [9.17, 15) is 9.50 Å². The van der Waals surface area contributed by atoms with E-state index in [4.69, 9.17) is 4.52 Å². The number of hydrogen-bond donors (Lipinski definition) is 1. The van der Waals surface area contributed by atoms with Gasteiger partial charge in [0.25, 0.3) is 0 Å². The molecule has 0 saturated carbocycles. The van der Waals surface area contributed by atoms with Crippen LogP contribution < -0.4 is 4.90 Å². The molecule has 0 radical (unpaired) electrons. The number of halogens is 1. The first kappa shape index (κ1) is 14.0. The number of anilines is 1. The fraction of sp³-hybridized carbons (Fsp3) is 0.467. The van der Waals surface area contributed by atoms with E-state index in [1.165, 1.54) is 6.07 Å². The predicted octanol–water partition coefficient (Wildman–Crippen LogP) is 2.53. The van der Waals surface area contributed by atoms with E-state index in [2.05, 4.69) is 10.1 Å². The quantitative estimate of drug-likeness (QED) is 0.921. The number of aromatic nitrogens is 2. The van der Waals surface area contributed by atoms with Crippen LogP contribution in [0.1, 0.15) is 26.2 Å². The van der Waals surface area contributed by atoms with Crippen molar-refractivity contribution < 1.29 is 14.0 Å². The third kappa shape index (κ3) is 2.40. The first-order chi connectivity index (χ1) is 9.88. The fourth-order valence-electron chi connectivity index (χ4n) is 2.71. The average molecular weight is 291 g/mol. The highest BCUT2D eigenvalue weighted by Gasteiger charge is 2.39. The summed E-state index contributed by atoms with van der Waals surface area (Å²) in [6.07, 6.45) is 0.668. The third-order valence-corrected chi connectivity index (χ3v) is 4.28. The Morgan fingerprint density at radius 1 is 1.48 bits per heavy atom. The number of aliphatic hydroxyl groups is 1. The monoisotopic (exact) mass is 291 g/mol. The molecule has 1 aliphatic rings. The Morgan fingerprint density at radius 2 is 2.24 bits per heavy atom. The van der Waals surface area contributed by atoms with Crippen molar-refractivity contribution in [2.75, 3.05) is 11.4 Å². The average Bonchev–Trinajstić information content (AvgIpc) is 2.95. The molecule has 1 aromatic carbocycles. The molecular formula is C15H18FN3O2. The van der Waals surface area contributed by atoms with E-state index >= 15 is 0 Å². The zero-order valence-corrected chi connectivity index (χ0v) is 12.3. The summed E-state index contributed by atoms with van der Waals surface area (Å²) in [5, 5.41) is 14.0. The van der Waals surface area contributed by atoms with Gasteiger partial charge in [0, 0.05) is 19.2 Å². The maximum atomic E-state index is 14.3. The first-order valence-corrected chi connectivity index (χ1v) is 6.98. The van der Waals surface area contributed by atoms with Crippen molar-refractivity contribution in [1.82, 2.24) is 10.1 Å².